The van der Waals surface area contributed by atoms with Gasteiger partial charge >= 0.3 is 0 Å². The van der Waals surface area contributed by atoms with E-state index in [-0.39, 0.29) is 12.1 Å². The molecule has 8 heteroatoms. The molecule has 0 bridgehead atoms. The van der Waals surface area contributed by atoms with E-state index in [4.69, 9.17) is 4.74 Å². The number of hydrogen-bond donors (Lipinski definition) is 5. The molecule has 1 heterocycles. The predicted octanol–water partition coefficient (Wildman–Crippen LogP) is 2.12. The molecule has 2 unspecified atom stereocenters. The highest BCUT2D eigenvalue weighted by Crippen LogP contribution is 2.21. The van der Waals surface area contributed by atoms with Crippen LogP contribution in [0.1, 0.15) is 5.56 Å². The molecule has 1 amide bonds. The molecule has 1 fully saturated rings. The lowest BCUT2D eigenvalue weighted by atomic mass is 10.2. The Bertz CT molecular complexity index is 753. The van der Waals surface area contributed by atoms with Crippen molar-refractivity contribution in [3.8, 4) is 5.75 Å². The number of nitrogens with one attached hydrogen (secondary N) is 5. The highest BCUT2D eigenvalue weighted by Gasteiger charge is 2.32. The third-order valence-electron chi connectivity index (χ3n) is 3.91. The van der Waals surface area contributed by atoms with E-state index in [1.165, 1.54) is 0 Å². The zero-order chi connectivity index (χ0) is 17.8. The molecular weight excluding hydrogens is 386 g/mol. The van der Waals surface area contributed by atoms with Crippen molar-refractivity contribution in [1.29, 1.82) is 0 Å². The summed E-state index contributed by atoms with van der Waals surface area (Å²) in [7, 11) is 1.62. The summed E-state index contributed by atoms with van der Waals surface area (Å²) >= 11 is 3.45. The first kappa shape index (κ1) is 17.7. The van der Waals surface area contributed by atoms with Gasteiger partial charge in [-0.15, -0.1) is 0 Å². The first-order valence-corrected chi connectivity index (χ1v) is 8.60. The summed E-state index contributed by atoms with van der Waals surface area (Å²) in [5.41, 5.74) is 11.4. The van der Waals surface area contributed by atoms with Crippen molar-refractivity contribution in [1.82, 2.24) is 16.4 Å². The van der Waals surface area contributed by atoms with Gasteiger partial charge in [0.2, 0.25) is 5.91 Å². The molecule has 5 N–H and O–H groups in total. The highest BCUT2D eigenvalue weighted by atomic mass is 79.9. The largest absolute Gasteiger partial charge is 0.497 e. The number of halogens is 1. The molecule has 2 atom stereocenters. The van der Waals surface area contributed by atoms with Gasteiger partial charge in [0, 0.05) is 15.8 Å². The number of aryl methyl sites for hydroxylation is 1. The van der Waals surface area contributed by atoms with Gasteiger partial charge in [0.1, 0.15) is 18.0 Å². The number of rotatable bonds is 5. The quantitative estimate of drug-likeness (QED) is 0.523. The van der Waals surface area contributed by atoms with Crippen molar-refractivity contribution >= 4 is 33.2 Å². The van der Waals surface area contributed by atoms with Crippen molar-refractivity contribution in [2.45, 2.75) is 19.1 Å². The summed E-state index contributed by atoms with van der Waals surface area (Å²) in [6.45, 7) is 1.98. The fraction of sp³-hybridized carbons (Fsp3) is 0.235. The van der Waals surface area contributed by atoms with Crippen molar-refractivity contribution < 1.29 is 9.53 Å². The summed E-state index contributed by atoms with van der Waals surface area (Å²) in [5.74, 6) is 0.631. The number of ether oxygens (including phenoxy) is 1. The van der Waals surface area contributed by atoms with E-state index in [0.717, 1.165) is 27.2 Å². The van der Waals surface area contributed by atoms with Crippen LogP contribution in [0.25, 0.3) is 0 Å². The maximum absolute atomic E-state index is 12.6. The normalized spacial score (nSPS) is 19.5. The maximum atomic E-state index is 12.6. The van der Waals surface area contributed by atoms with Gasteiger partial charge in [0.25, 0.3) is 0 Å². The van der Waals surface area contributed by atoms with Crippen LogP contribution in [0.3, 0.4) is 0 Å². The lowest BCUT2D eigenvalue weighted by molar-refractivity contribution is -0.118. The molecule has 0 aromatic heterocycles. The van der Waals surface area contributed by atoms with Gasteiger partial charge in [-0.1, -0.05) is 15.9 Å². The molecule has 2 aromatic carbocycles. The Morgan fingerprint density at radius 1 is 1.12 bits per heavy atom. The second-order valence-corrected chi connectivity index (χ2v) is 6.55. The molecule has 2 aromatic rings. The number of hydrazine groups is 2. The molecule has 132 valence electrons. The Labute approximate surface area is 154 Å². The van der Waals surface area contributed by atoms with Crippen LogP contribution in [-0.2, 0) is 4.79 Å². The lowest BCUT2D eigenvalue weighted by Gasteiger charge is -2.20. The van der Waals surface area contributed by atoms with E-state index in [2.05, 4.69) is 42.9 Å². The average molecular weight is 406 g/mol. The van der Waals surface area contributed by atoms with Crippen molar-refractivity contribution in [3.05, 3.63) is 52.5 Å². The van der Waals surface area contributed by atoms with Crippen molar-refractivity contribution in [2.75, 3.05) is 17.7 Å². The van der Waals surface area contributed by atoms with Gasteiger partial charge in [-0.3, -0.25) is 4.79 Å². The Morgan fingerprint density at radius 2 is 1.84 bits per heavy atom. The first-order valence-electron chi connectivity index (χ1n) is 7.80. The van der Waals surface area contributed by atoms with Crippen LogP contribution in [0, 0.1) is 6.92 Å². The average Bonchev–Trinajstić information content (AvgIpc) is 3.07. The number of benzene rings is 2. The molecular formula is C17H20BrN5O2. The van der Waals surface area contributed by atoms with E-state index < -0.39 is 6.04 Å². The van der Waals surface area contributed by atoms with E-state index in [1.807, 2.05) is 49.4 Å². The van der Waals surface area contributed by atoms with Crippen LogP contribution >= 0.6 is 15.9 Å². The molecule has 3 rings (SSSR count). The molecule has 25 heavy (non-hydrogen) atoms. The summed E-state index contributed by atoms with van der Waals surface area (Å²) in [4.78, 5) is 12.6. The standard InChI is InChI=1S/C17H20BrN5O2/c1-10-9-12(5-8-14(10)18)20-17(24)15-16(22-23-21-15)19-11-3-6-13(25-2)7-4-11/h3-9,15-16,19,21-23H,1-2H3,(H,20,24). The van der Waals surface area contributed by atoms with E-state index >= 15 is 0 Å². The van der Waals surface area contributed by atoms with Gasteiger partial charge < -0.3 is 15.4 Å². The lowest BCUT2D eigenvalue weighted by Crippen LogP contribution is -2.47. The van der Waals surface area contributed by atoms with Crippen LogP contribution in [-0.4, -0.2) is 25.2 Å². The molecule has 1 aliphatic heterocycles. The zero-order valence-electron chi connectivity index (χ0n) is 13.9. The fourth-order valence-electron chi connectivity index (χ4n) is 2.51. The highest BCUT2D eigenvalue weighted by molar-refractivity contribution is 9.10. The van der Waals surface area contributed by atoms with Crippen LogP contribution in [0.2, 0.25) is 0 Å². The predicted molar refractivity (Wildman–Crippen MR) is 101 cm³/mol. The van der Waals surface area contributed by atoms with E-state index in [0.29, 0.717) is 0 Å². The molecule has 0 saturated carbocycles. The first-order chi connectivity index (χ1) is 12.1. The van der Waals surface area contributed by atoms with E-state index in [1.54, 1.807) is 7.11 Å². The Morgan fingerprint density at radius 3 is 2.52 bits per heavy atom. The molecule has 0 radical (unpaired) electrons. The van der Waals surface area contributed by atoms with Gasteiger partial charge in [-0.2, -0.15) is 5.53 Å². The van der Waals surface area contributed by atoms with Crippen LogP contribution in [0.15, 0.2) is 46.9 Å². The number of carbonyl (C=O) groups excluding carboxylic acids is 1. The number of amides is 1. The summed E-state index contributed by atoms with van der Waals surface area (Å²) in [6, 6.07) is 12.7. The summed E-state index contributed by atoms with van der Waals surface area (Å²) in [6.07, 6.45) is -0.315. The van der Waals surface area contributed by atoms with Gasteiger partial charge in [-0.25, -0.2) is 10.9 Å². The smallest absolute Gasteiger partial charge is 0.246 e. The minimum absolute atomic E-state index is 0.148. The summed E-state index contributed by atoms with van der Waals surface area (Å²) < 4.78 is 6.15. The molecule has 0 spiro atoms. The van der Waals surface area contributed by atoms with Crippen LogP contribution < -0.4 is 31.8 Å². The minimum Gasteiger partial charge on any atom is -0.497 e. The number of hydrogen-bond acceptors (Lipinski definition) is 6. The molecule has 1 aliphatic rings. The van der Waals surface area contributed by atoms with Gasteiger partial charge in [-0.05, 0) is 55.0 Å². The number of anilines is 2. The van der Waals surface area contributed by atoms with Crippen LogP contribution in [0.5, 0.6) is 5.75 Å². The molecule has 0 aliphatic carbocycles. The number of methoxy groups -OCH3 is 1. The molecule has 7 nitrogen and oxygen atoms in total. The molecule has 1 saturated heterocycles. The summed E-state index contributed by atoms with van der Waals surface area (Å²) in [5, 5.41) is 6.19. The van der Waals surface area contributed by atoms with Crippen molar-refractivity contribution in [2.24, 2.45) is 0 Å². The second kappa shape index (κ2) is 7.83. The monoisotopic (exact) mass is 405 g/mol. The third-order valence-corrected chi connectivity index (χ3v) is 4.80. The Balaban J connectivity index is 1.65. The van der Waals surface area contributed by atoms with Crippen molar-refractivity contribution in [3.63, 3.8) is 0 Å². The van der Waals surface area contributed by atoms with Crippen LogP contribution in [0.4, 0.5) is 11.4 Å². The van der Waals surface area contributed by atoms with Gasteiger partial charge in [0.05, 0.1) is 7.11 Å². The Hall–Kier alpha value is -2.13. The fourth-order valence-corrected chi connectivity index (χ4v) is 2.76. The van der Waals surface area contributed by atoms with Gasteiger partial charge in [0.15, 0.2) is 0 Å². The Kier molecular flexibility index (Phi) is 5.54. The minimum atomic E-state index is -0.494. The maximum Gasteiger partial charge on any atom is 0.246 e. The SMILES string of the molecule is COc1ccc(NC2NNNC2C(=O)Nc2ccc(Br)c(C)c2)cc1. The zero-order valence-corrected chi connectivity index (χ0v) is 15.5. The third kappa shape index (κ3) is 4.29. The van der Waals surface area contributed by atoms with E-state index in [9.17, 15) is 4.79 Å². The topological polar surface area (TPSA) is 86.5 Å². The number of carbonyl (C=O) groups is 1. The second-order valence-electron chi connectivity index (χ2n) is 5.70.